The Morgan fingerprint density at radius 2 is 1.96 bits per heavy atom. The van der Waals surface area contributed by atoms with Gasteiger partial charge in [-0.05, 0) is 68.1 Å². The number of phenols is 1. The van der Waals surface area contributed by atoms with E-state index < -0.39 is 0 Å². The molecule has 2 unspecified atom stereocenters. The first-order valence-corrected chi connectivity index (χ1v) is 8.28. The molecule has 2 aromatic carbocycles. The largest absolute Gasteiger partial charge is 0.508 e. The van der Waals surface area contributed by atoms with E-state index in [1.54, 1.807) is 6.07 Å². The summed E-state index contributed by atoms with van der Waals surface area (Å²) in [5.74, 6) is 2.29. The van der Waals surface area contributed by atoms with Crippen molar-refractivity contribution < 1.29 is 9.84 Å². The van der Waals surface area contributed by atoms with E-state index >= 15 is 0 Å². The summed E-state index contributed by atoms with van der Waals surface area (Å²) >= 11 is 0. The number of fused-ring (bicyclic) bond motifs is 1. The molecule has 0 fully saturated rings. The lowest BCUT2D eigenvalue weighted by Gasteiger charge is -2.28. The molecule has 3 rings (SSSR count). The van der Waals surface area contributed by atoms with Crippen LogP contribution in [-0.2, 0) is 6.42 Å². The fourth-order valence-electron chi connectivity index (χ4n) is 3.60. The molecule has 3 heteroatoms. The quantitative estimate of drug-likeness (QED) is 0.935. The summed E-state index contributed by atoms with van der Waals surface area (Å²) in [6, 6.07) is 16.0. The molecular formula is C20H25NO2. The summed E-state index contributed by atoms with van der Waals surface area (Å²) in [7, 11) is 4.26. The third kappa shape index (κ3) is 3.85. The summed E-state index contributed by atoms with van der Waals surface area (Å²) in [5, 5.41) is 9.77. The number of para-hydroxylation sites is 1. The van der Waals surface area contributed by atoms with Gasteiger partial charge in [-0.25, -0.2) is 0 Å². The molecule has 1 N–H and O–H groups in total. The lowest BCUT2D eigenvalue weighted by atomic mass is 9.80. The van der Waals surface area contributed by atoms with Gasteiger partial charge in [0.1, 0.15) is 11.5 Å². The number of benzene rings is 2. The average molecular weight is 311 g/mol. The zero-order chi connectivity index (χ0) is 16.2. The molecule has 122 valence electrons. The molecule has 0 radical (unpaired) electrons. The van der Waals surface area contributed by atoms with Crippen LogP contribution in [0.15, 0.2) is 48.5 Å². The normalized spacial score (nSPS) is 20.7. The van der Waals surface area contributed by atoms with Crippen LogP contribution < -0.4 is 4.74 Å². The SMILES string of the molecule is CN(C)CC1CCOc2ccccc2C1Cc1cccc(O)c1. The van der Waals surface area contributed by atoms with Crippen molar-refractivity contribution in [1.29, 1.82) is 0 Å². The minimum atomic E-state index is 0.338. The molecule has 3 nitrogen and oxygen atoms in total. The maximum absolute atomic E-state index is 9.77. The number of ether oxygens (including phenoxy) is 1. The monoisotopic (exact) mass is 311 g/mol. The van der Waals surface area contributed by atoms with Crippen LogP contribution in [0.3, 0.4) is 0 Å². The van der Waals surface area contributed by atoms with E-state index in [4.69, 9.17) is 4.74 Å². The highest BCUT2D eigenvalue weighted by Gasteiger charge is 2.29. The summed E-state index contributed by atoms with van der Waals surface area (Å²) in [6.07, 6.45) is 1.98. The molecule has 1 heterocycles. The molecule has 0 spiro atoms. The van der Waals surface area contributed by atoms with E-state index in [2.05, 4.69) is 43.3 Å². The Labute approximate surface area is 138 Å². The summed E-state index contributed by atoms with van der Waals surface area (Å²) in [6.45, 7) is 1.81. The van der Waals surface area contributed by atoms with Crippen molar-refractivity contribution in [1.82, 2.24) is 4.90 Å². The van der Waals surface area contributed by atoms with Gasteiger partial charge in [0.15, 0.2) is 0 Å². The molecule has 2 aromatic rings. The molecule has 0 bridgehead atoms. The molecule has 0 aliphatic carbocycles. The summed E-state index contributed by atoms with van der Waals surface area (Å²) in [5.41, 5.74) is 2.47. The maximum atomic E-state index is 9.77. The smallest absolute Gasteiger partial charge is 0.122 e. The Bertz CT molecular complexity index is 654. The van der Waals surface area contributed by atoms with Crippen molar-refractivity contribution in [3.63, 3.8) is 0 Å². The molecule has 2 atom stereocenters. The number of hydrogen-bond acceptors (Lipinski definition) is 3. The van der Waals surface area contributed by atoms with Gasteiger partial charge in [0.2, 0.25) is 0 Å². The zero-order valence-electron chi connectivity index (χ0n) is 13.9. The number of phenolic OH excluding ortho intramolecular Hbond substituents is 1. The van der Waals surface area contributed by atoms with E-state index in [1.807, 2.05) is 18.2 Å². The molecular weight excluding hydrogens is 286 g/mol. The van der Waals surface area contributed by atoms with E-state index in [0.29, 0.717) is 17.6 Å². The summed E-state index contributed by atoms with van der Waals surface area (Å²) < 4.78 is 5.98. The minimum Gasteiger partial charge on any atom is -0.508 e. The van der Waals surface area contributed by atoms with Crippen molar-refractivity contribution in [3.05, 3.63) is 59.7 Å². The first-order valence-electron chi connectivity index (χ1n) is 8.28. The van der Waals surface area contributed by atoms with Crippen LogP contribution in [0.1, 0.15) is 23.5 Å². The number of rotatable bonds is 4. The first-order chi connectivity index (χ1) is 11.1. The highest BCUT2D eigenvalue weighted by atomic mass is 16.5. The van der Waals surface area contributed by atoms with Crippen molar-refractivity contribution >= 4 is 0 Å². The van der Waals surface area contributed by atoms with Crippen LogP contribution >= 0.6 is 0 Å². The maximum Gasteiger partial charge on any atom is 0.122 e. The third-order valence-corrected chi connectivity index (χ3v) is 4.60. The molecule has 0 saturated heterocycles. The highest BCUT2D eigenvalue weighted by Crippen LogP contribution is 2.39. The van der Waals surface area contributed by atoms with Crippen LogP contribution in [0.5, 0.6) is 11.5 Å². The fourth-order valence-corrected chi connectivity index (χ4v) is 3.60. The Morgan fingerprint density at radius 3 is 2.74 bits per heavy atom. The predicted molar refractivity (Wildman–Crippen MR) is 93.1 cm³/mol. The summed E-state index contributed by atoms with van der Waals surface area (Å²) in [4.78, 5) is 2.26. The van der Waals surface area contributed by atoms with Gasteiger partial charge in [0.05, 0.1) is 6.61 Å². The Balaban J connectivity index is 1.95. The van der Waals surface area contributed by atoms with E-state index in [-0.39, 0.29) is 0 Å². The predicted octanol–water partition coefficient (Wildman–Crippen LogP) is 3.68. The van der Waals surface area contributed by atoms with Crippen molar-refractivity contribution in [2.75, 3.05) is 27.2 Å². The van der Waals surface area contributed by atoms with Gasteiger partial charge in [0.25, 0.3) is 0 Å². The van der Waals surface area contributed by atoms with Crippen LogP contribution in [0, 0.1) is 5.92 Å². The molecule has 0 saturated carbocycles. The Kier molecular flexibility index (Phi) is 4.87. The lowest BCUT2D eigenvalue weighted by molar-refractivity contribution is 0.243. The van der Waals surface area contributed by atoms with E-state index in [0.717, 1.165) is 31.7 Å². The van der Waals surface area contributed by atoms with Gasteiger partial charge in [-0.2, -0.15) is 0 Å². The first kappa shape index (κ1) is 15.9. The van der Waals surface area contributed by atoms with Crippen molar-refractivity contribution in [2.24, 2.45) is 5.92 Å². The van der Waals surface area contributed by atoms with Gasteiger partial charge in [-0.3, -0.25) is 0 Å². The number of hydrogen-bond donors (Lipinski definition) is 1. The zero-order valence-corrected chi connectivity index (χ0v) is 13.9. The molecule has 1 aliphatic rings. The second-order valence-corrected chi connectivity index (χ2v) is 6.68. The lowest BCUT2D eigenvalue weighted by Crippen LogP contribution is -2.27. The van der Waals surface area contributed by atoms with Crippen LogP contribution in [0.25, 0.3) is 0 Å². The molecule has 23 heavy (non-hydrogen) atoms. The molecule has 0 amide bonds. The van der Waals surface area contributed by atoms with Gasteiger partial charge in [0, 0.05) is 6.54 Å². The third-order valence-electron chi connectivity index (χ3n) is 4.60. The number of nitrogens with zero attached hydrogens (tertiary/aromatic N) is 1. The molecule has 0 aromatic heterocycles. The van der Waals surface area contributed by atoms with Gasteiger partial charge in [-0.1, -0.05) is 30.3 Å². The van der Waals surface area contributed by atoms with Gasteiger partial charge < -0.3 is 14.7 Å². The molecule has 1 aliphatic heterocycles. The second kappa shape index (κ2) is 7.05. The van der Waals surface area contributed by atoms with E-state index in [9.17, 15) is 5.11 Å². The van der Waals surface area contributed by atoms with Gasteiger partial charge >= 0.3 is 0 Å². The van der Waals surface area contributed by atoms with Crippen LogP contribution in [0.4, 0.5) is 0 Å². The van der Waals surface area contributed by atoms with Crippen molar-refractivity contribution in [3.8, 4) is 11.5 Å². The minimum absolute atomic E-state index is 0.338. The van der Waals surface area contributed by atoms with Crippen LogP contribution in [0.2, 0.25) is 0 Å². The van der Waals surface area contributed by atoms with Gasteiger partial charge in [-0.15, -0.1) is 0 Å². The second-order valence-electron chi connectivity index (χ2n) is 6.68. The van der Waals surface area contributed by atoms with Crippen LogP contribution in [-0.4, -0.2) is 37.3 Å². The highest BCUT2D eigenvalue weighted by molar-refractivity contribution is 5.39. The number of aromatic hydroxyl groups is 1. The van der Waals surface area contributed by atoms with Crippen molar-refractivity contribution in [2.45, 2.75) is 18.8 Å². The Morgan fingerprint density at radius 1 is 1.13 bits per heavy atom. The van der Waals surface area contributed by atoms with E-state index in [1.165, 1.54) is 11.1 Å². The topological polar surface area (TPSA) is 32.7 Å². The Hall–Kier alpha value is -2.00. The average Bonchev–Trinajstić information content (AvgIpc) is 2.67. The fraction of sp³-hybridized carbons (Fsp3) is 0.400. The standard InChI is InChI=1S/C20H25NO2/c1-21(2)14-16-10-11-23-20-9-4-3-8-18(20)19(16)13-15-6-5-7-17(22)12-15/h3-9,12,16,19,22H,10-11,13-14H2,1-2H3.